The molecule has 1 rings (SSSR count). The molecular formula is C9H7Br2N3O3. The number of hydrogen-bond acceptors (Lipinski definition) is 4. The Balaban J connectivity index is 2.85. The van der Waals surface area contributed by atoms with Crippen LogP contribution in [0.5, 0.6) is 5.75 Å². The largest absolute Gasteiger partial charge is 0.506 e. The minimum absolute atomic E-state index is 0.0368. The lowest BCUT2D eigenvalue weighted by atomic mass is 10.2. The Hall–Kier alpha value is -1.41. The molecule has 0 fully saturated rings. The number of carbonyl (C=O) groups is 2. The fourth-order valence-corrected chi connectivity index (χ4v) is 2.16. The third-order valence-corrected chi connectivity index (χ3v) is 2.71. The topological polar surface area (TPSA) is 105 Å². The summed E-state index contributed by atoms with van der Waals surface area (Å²) in [6.45, 7) is 0. The maximum absolute atomic E-state index is 10.8. The number of rotatable bonds is 2. The average Bonchev–Trinajstić information content (AvgIpc) is 2.24. The van der Waals surface area contributed by atoms with E-state index in [1.54, 1.807) is 12.1 Å². The Labute approximate surface area is 113 Å². The molecule has 0 spiro atoms. The molecule has 0 aliphatic rings. The first-order valence-corrected chi connectivity index (χ1v) is 5.81. The molecule has 0 aliphatic heterocycles. The number of primary amides is 1. The standard InChI is InChI=1S/C9H7Br2N3O3/c10-5-1-4(7(15)6(11)2-5)3-13-14-9(17)8(12)16/h1-3,15H,(H2,12,16)(H,14,17). The Morgan fingerprint density at radius 3 is 2.65 bits per heavy atom. The van der Waals surface area contributed by atoms with Crippen molar-refractivity contribution in [2.75, 3.05) is 0 Å². The van der Waals surface area contributed by atoms with Crippen LogP contribution in [0.3, 0.4) is 0 Å². The fraction of sp³-hybridized carbons (Fsp3) is 0. The molecule has 0 aromatic heterocycles. The molecule has 0 aliphatic carbocycles. The van der Waals surface area contributed by atoms with Crippen molar-refractivity contribution in [3.8, 4) is 5.75 Å². The highest BCUT2D eigenvalue weighted by Gasteiger charge is 2.07. The summed E-state index contributed by atoms with van der Waals surface area (Å²) in [6.07, 6.45) is 1.19. The number of carbonyl (C=O) groups excluding carboxylic acids is 2. The zero-order chi connectivity index (χ0) is 13.0. The van der Waals surface area contributed by atoms with E-state index in [9.17, 15) is 14.7 Å². The molecule has 0 radical (unpaired) electrons. The molecule has 0 atom stereocenters. The van der Waals surface area contributed by atoms with Gasteiger partial charge in [-0.15, -0.1) is 0 Å². The third kappa shape index (κ3) is 3.82. The van der Waals surface area contributed by atoms with Crippen molar-refractivity contribution < 1.29 is 14.7 Å². The second kappa shape index (κ2) is 5.78. The van der Waals surface area contributed by atoms with Crippen LogP contribution < -0.4 is 11.2 Å². The van der Waals surface area contributed by atoms with E-state index in [0.717, 1.165) is 0 Å². The van der Waals surface area contributed by atoms with Crippen LogP contribution in [0.4, 0.5) is 0 Å². The average molecular weight is 365 g/mol. The number of nitrogens with one attached hydrogen (secondary N) is 1. The van der Waals surface area contributed by atoms with Gasteiger partial charge in [0.2, 0.25) is 0 Å². The van der Waals surface area contributed by atoms with Crippen molar-refractivity contribution in [3.63, 3.8) is 0 Å². The Bertz CT molecular complexity index is 503. The monoisotopic (exact) mass is 363 g/mol. The first-order chi connectivity index (χ1) is 7.91. The Kier molecular flexibility index (Phi) is 4.64. The van der Waals surface area contributed by atoms with Crippen LogP contribution in [-0.4, -0.2) is 23.1 Å². The fourth-order valence-electron chi connectivity index (χ4n) is 0.900. The van der Waals surface area contributed by atoms with E-state index in [1.807, 2.05) is 5.43 Å². The molecule has 8 heteroatoms. The molecule has 0 saturated heterocycles. The smallest absolute Gasteiger partial charge is 0.329 e. The van der Waals surface area contributed by atoms with E-state index in [-0.39, 0.29) is 5.75 Å². The van der Waals surface area contributed by atoms with Gasteiger partial charge in [-0.25, -0.2) is 5.43 Å². The van der Waals surface area contributed by atoms with Gasteiger partial charge >= 0.3 is 11.8 Å². The number of nitrogens with zero attached hydrogens (tertiary/aromatic N) is 1. The lowest BCUT2D eigenvalue weighted by Crippen LogP contribution is -2.32. The van der Waals surface area contributed by atoms with Gasteiger partial charge in [0.25, 0.3) is 0 Å². The quantitative estimate of drug-likeness (QED) is 0.411. The summed E-state index contributed by atoms with van der Waals surface area (Å²) in [5.74, 6) is -2.21. The summed E-state index contributed by atoms with van der Waals surface area (Å²) < 4.78 is 1.18. The number of phenolic OH excluding ortho intramolecular Hbond substituents is 1. The summed E-state index contributed by atoms with van der Waals surface area (Å²) in [4.78, 5) is 21.2. The van der Waals surface area contributed by atoms with Gasteiger partial charge < -0.3 is 10.8 Å². The molecule has 1 aromatic rings. The van der Waals surface area contributed by atoms with Crippen LogP contribution in [0, 0.1) is 0 Å². The summed E-state index contributed by atoms with van der Waals surface area (Å²) in [6, 6.07) is 3.23. The highest BCUT2D eigenvalue weighted by Crippen LogP contribution is 2.30. The molecule has 6 nitrogen and oxygen atoms in total. The number of aromatic hydroxyl groups is 1. The normalized spacial score (nSPS) is 10.5. The minimum atomic E-state index is -1.14. The number of amides is 2. The number of benzene rings is 1. The zero-order valence-electron chi connectivity index (χ0n) is 8.28. The van der Waals surface area contributed by atoms with Crippen molar-refractivity contribution in [1.29, 1.82) is 0 Å². The first-order valence-electron chi connectivity index (χ1n) is 4.22. The second-order valence-corrected chi connectivity index (χ2v) is 4.66. The van der Waals surface area contributed by atoms with Gasteiger partial charge in [0, 0.05) is 10.0 Å². The van der Waals surface area contributed by atoms with E-state index in [2.05, 4.69) is 37.0 Å². The molecule has 0 heterocycles. The number of nitrogens with two attached hydrogens (primary N) is 1. The molecular weight excluding hydrogens is 358 g/mol. The molecule has 2 amide bonds. The van der Waals surface area contributed by atoms with Crippen LogP contribution in [0.15, 0.2) is 26.2 Å². The number of phenols is 1. The van der Waals surface area contributed by atoms with E-state index < -0.39 is 11.8 Å². The van der Waals surface area contributed by atoms with E-state index in [1.165, 1.54) is 6.21 Å². The maximum Gasteiger partial charge on any atom is 0.329 e. The summed E-state index contributed by atoms with van der Waals surface area (Å²) in [5, 5.41) is 13.1. The van der Waals surface area contributed by atoms with Gasteiger partial charge in [-0.2, -0.15) is 5.10 Å². The van der Waals surface area contributed by atoms with Crippen molar-refractivity contribution in [2.24, 2.45) is 10.8 Å². The number of hydrogen-bond donors (Lipinski definition) is 3. The Morgan fingerprint density at radius 1 is 1.41 bits per heavy atom. The first kappa shape index (κ1) is 13.7. The van der Waals surface area contributed by atoms with E-state index in [4.69, 9.17) is 5.73 Å². The number of hydrazone groups is 1. The van der Waals surface area contributed by atoms with Crippen LogP contribution >= 0.6 is 31.9 Å². The zero-order valence-corrected chi connectivity index (χ0v) is 11.4. The van der Waals surface area contributed by atoms with E-state index >= 15 is 0 Å². The van der Waals surface area contributed by atoms with Gasteiger partial charge in [0.15, 0.2) is 0 Å². The van der Waals surface area contributed by atoms with Crippen molar-refractivity contribution in [3.05, 3.63) is 26.6 Å². The van der Waals surface area contributed by atoms with Gasteiger partial charge in [-0.05, 0) is 28.1 Å². The SMILES string of the molecule is NC(=O)C(=O)NN=Cc1cc(Br)cc(Br)c1O. The summed E-state index contributed by atoms with van der Waals surface area (Å²) in [7, 11) is 0. The highest BCUT2D eigenvalue weighted by atomic mass is 79.9. The lowest BCUT2D eigenvalue weighted by molar-refractivity contribution is -0.137. The van der Waals surface area contributed by atoms with Gasteiger partial charge in [-0.1, -0.05) is 15.9 Å². The lowest BCUT2D eigenvalue weighted by Gasteiger charge is -2.02. The molecule has 17 heavy (non-hydrogen) atoms. The Morgan fingerprint density at radius 2 is 2.06 bits per heavy atom. The maximum atomic E-state index is 10.8. The highest BCUT2D eigenvalue weighted by molar-refractivity contribution is 9.11. The molecule has 0 unspecified atom stereocenters. The predicted molar refractivity (Wildman–Crippen MR) is 68.4 cm³/mol. The summed E-state index contributed by atoms with van der Waals surface area (Å²) in [5.41, 5.74) is 6.97. The van der Waals surface area contributed by atoms with Crippen LogP contribution in [-0.2, 0) is 9.59 Å². The van der Waals surface area contributed by atoms with Crippen molar-refractivity contribution >= 4 is 49.9 Å². The minimum Gasteiger partial charge on any atom is -0.506 e. The molecule has 0 bridgehead atoms. The van der Waals surface area contributed by atoms with Gasteiger partial charge in [0.05, 0.1) is 10.7 Å². The van der Waals surface area contributed by atoms with Gasteiger partial charge in [0.1, 0.15) is 5.75 Å². The van der Waals surface area contributed by atoms with E-state index in [0.29, 0.717) is 14.5 Å². The third-order valence-electron chi connectivity index (χ3n) is 1.65. The molecule has 1 aromatic carbocycles. The van der Waals surface area contributed by atoms with Crippen LogP contribution in [0.25, 0.3) is 0 Å². The molecule has 0 saturated carbocycles. The van der Waals surface area contributed by atoms with Crippen LogP contribution in [0.1, 0.15) is 5.56 Å². The van der Waals surface area contributed by atoms with Crippen molar-refractivity contribution in [2.45, 2.75) is 0 Å². The van der Waals surface area contributed by atoms with Gasteiger partial charge in [-0.3, -0.25) is 9.59 Å². The van der Waals surface area contributed by atoms with Crippen molar-refractivity contribution in [1.82, 2.24) is 5.43 Å². The molecule has 90 valence electrons. The van der Waals surface area contributed by atoms with Crippen LogP contribution in [0.2, 0.25) is 0 Å². The molecule has 4 N–H and O–H groups in total. The summed E-state index contributed by atoms with van der Waals surface area (Å²) >= 11 is 6.36. The second-order valence-electron chi connectivity index (χ2n) is 2.89. The number of halogens is 2. The predicted octanol–water partition coefficient (Wildman–Crippen LogP) is 0.853.